The molecule has 0 atom stereocenters. The van der Waals surface area contributed by atoms with E-state index in [0.29, 0.717) is 0 Å². The average Bonchev–Trinajstić information content (AvgIpc) is 2.84. The second kappa shape index (κ2) is 4.17. The molecule has 0 amide bonds. The Hall–Kier alpha value is -1.49. The Morgan fingerprint density at radius 2 is 2.00 bits per heavy atom. The summed E-state index contributed by atoms with van der Waals surface area (Å²) < 4.78 is 1.77. The van der Waals surface area contributed by atoms with Crippen molar-refractivity contribution in [3.8, 4) is 0 Å². The summed E-state index contributed by atoms with van der Waals surface area (Å²) in [6, 6.07) is 3.67. The standard InChI is InChI=1S/C10H13N5.ClH/c11-8-3-6-15-9(7-8)12-10(13-15)14-4-1-2-5-14;/h3,6-7H,1-2,4-5,11H2;1H. The van der Waals surface area contributed by atoms with Gasteiger partial charge in [0.15, 0.2) is 5.65 Å². The Morgan fingerprint density at radius 1 is 1.25 bits per heavy atom. The van der Waals surface area contributed by atoms with Gasteiger partial charge in [0.2, 0.25) is 5.95 Å². The highest BCUT2D eigenvalue weighted by Crippen LogP contribution is 2.17. The third-order valence-electron chi connectivity index (χ3n) is 2.74. The van der Waals surface area contributed by atoms with E-state index >= 15 is 0 Å². The van der Waals surface area contributed by atoms with Crippen LogP contribution in [0.25, 0.3) is 5.65 Å². The number of anilines is 2. The third-order valence-corrected chi connectivity index (χ3v) is 2.74. The molecule has 1 saturated heterocycles. The van der Waals surface area contributed by atoms with Gasteiger partial charge < -0.3 is 10.6 Å². The number of hydrogen-bond acceptors (Lipinski definition) is 4. The smallest absolute Gasteiger partial charge is 0.245 e. The van der Waals surface area contributed by atoms with Crippen LogP contribution in [-0.4, -0.2) is 27.7 Å². The van der Waals surface area contributed by atoms with Crippen molar-refractivity contribution < 1.29 is 0 Å². The summed E-state index contributed by atoms with van der Waals surface area (Å²) in [5.74, 6) is 0.818. The zero-order valence-electron chi connectivity index (χ0n) is 8.83. The molecule has 0 saturated carbocycles. The number of hydrogen-bond donors (Lipinski definition) is 1. The molecule has 3 heterocycles. The van der Waals surface area contributed by atoms with Crippen molar-refractivity contribution in [2.75, 3.05) is 23.7 Å². The SMILES string of the molecule is Cl.Nc1ccn2nc(N3CCCC3)nc2c1. The summed E-state index contributed by atoms with van der Waals surface area (Å²) in [7, 11) is 0. The van der Waals surface area contributed by atoms with E-state index in [2.05, 4.69) is 15.0 Å². The van der Waals surface area contributed by atoms with Crippen molar-refractivity contribution in [2.24, 2.45) is 0 Å². The predicted molar refractivity (Wildman–Crippen MR) is 66.1 cm³/mol. The normalized spacial score (nSPS) is 15.4. The number of fused-ring (bicyclic) bond motifs is 1. The first-order valence-electron chi connectivity index (χ1n) is 5.20. The molecule has 1 aliphatic heterocycles. The molecule has 1 aliphatic rings. The van der Waals surface area contributed by atoms with Crippen LogP contribution in [0.1, 0.15) is 12.8 Å². The van der Waals surface area contributed by atoms with Crippen LogP contribution in [0, 0.1) is 0 Å². The first kappa shape index (κ1) is 11.0. The third kappa shape index (κ3) is 1.78. The maximum atomic E-state index is 5.69. The Bertz CT molecular complexity index is 489. The molecule has 5 nitrogen and oxygen atoms in total. The molecule has 1 fully saturated rings. The molecule has 0 radical (unpaired) electrons. The highest BCUT2D eigenvalue weighted by molar-refractivity contribution is 5.85. The minimum atomic E-state index is 0. The maximum Gasteiger partial charge on any atom is 0.245 e. The van der Waals surface area contributed by atoms with E-state index in [1.165, 1.54) is 12.8 Å². The summed E-state index contributed by atoms with van der Waals surface area (Å²) in [6.45, 7) is 2.12. The molecule has 0 unspecified atom stereocenters. The zero-order valence-corrected chi connectivity index (χ0v) is 9.65. The fraction of sp³-hybridized carbons (Fsp3) is 0.400. The van der Waals surface area contributed by atoms with Gasteiger partial charge in [0.1, 0.15) is 0 Å². The molecule has 0 bridgehead atoms. The molecular weight excluding hydrogens is 226 g/mol. The van der Waals surface area contributed by atoms with Crippen LogP contribution in [0.15, 0.2) is 18.3 Å². The molecule has 6 heteroatoms. The number of nitrogen functional groups attached to an aromatic ring is 1. The lowest BCUT2D eigenvalue weighted by Gasteiger charge is -2.10. The fourth-order valence-corrected chi connectivity index (χ4v) is 1.94. The number of pyridine rings is 1. The van der Waals surface area contributed by atoms with Crippen molar-refractivity contribution in [2.45, 2.75) is 12.8 Å². The highest BCUT2D eigenvalue weighted by atomic mass is 35.5. The lowest BCUT2D eigenvalue weighted by Crippen LogP contribution is -2.19. The largest absolute Gasteiger partial charge is 0.399 e. The van der Waals surface area contributed by atoms with E-state index in [4.69, 9.17) is 5.73 Å². The molecule has 2 aromatic rings. The van der Waals surface area contributed by atoms with Gasteiger partial charge in [0.05, 0.1) is 0 Å². The van der Waals surface area contributed by atoms with Crippen molar-refractivity contribution in [3.05, 3.63) is 18.3 Å². The fourth-order valence-electron chi connectivity index (χ4n) is 1.94. The van der Waals surface area contributed by atoms with E-state index in [0.717, 1.165) is 30.4 Å². The van der Waals surface area contributed by atoms with Crippen LogP contribution in [0.3, 0.4) is 0 Å². The van der Waals surface area contributed by atoms with E-state index in [1.54, 1.807) is 4.52 Å². The maximum absolute atomic E-state index is 5.69. The van der Waals surface area contributed by atoms with E-state index in [9.17, 15) is 0 Å². The van der Waals surface area contributed by atoms with Gasteiger partial charge in [-0.2, -0.15) is 4.98 Å². The van der Waals surface area contributed by atoms with Gasteiger partial charge >= 0.3 is 0 Å². The van der Waals surface area contributed by atoms with Gasteiger partial charge in [0.25, 0.3) is 0 Å². The van der Waals surface area contributed by atoms with E-state index in [1.807, 2.05) is 18.3 Å². The number of halogens is 1. The quantitative estimate of drug-likeness (QED) is 0.816. The number of aromatic nitrogens is 3. The summed E-state index contributed by atoms with van der Waals surface area (Å²) >= 11 is 0. The lowest BCUT2D eigenvalue weighted by molar-refractivity contribution is 0.875. The van der Waals surface area contributed by atoms with Crippen LogP contribution >= 0.6 is 12.4 Å². The summed E-state index contributed by atoms with van der Waals surface area (Å²) in [6.07, 6.45) is 4.31. The van der Waals surface area contributed by atoms with Crippen LogP contribution in [0.5, 0.6) is 0 Å². The number of nitrogens with zero attached hydrogens (tertiary/aromatic N) is 4. The van der Waals surface area contributed by atoms with Crippen LogP contribution in [0.2, 0.25) is 0 Å². The van der Waals surface area contributed by atoms with Gasteiger partial charge in [-0.3, -0.25) is 0 Å². The van der Waals surface area contributed by atoms with Crippen molar-refractivity contribution >= 4 is 29.7 Å². The van der Waals surface area contributed by atoms with E-state index in [-0.39, 0.29) is 12.4 Å². The second-order valence-electron chi connectivity index (χ2n) is 3.87. The molecule has 2 aromatic heterocycles. The van der Waals surface area contributed by atoms with Crippen LogP contribution in [0.4, 0.5) is 11.6 Å². The van der Waals surface area contributed by atoms with Crippen LogP contribution in [-0.2, 0) is 0 Å². The zero-order chi connectivity index (χ0) is 10.3. The Labute approximate surface area is 99.7 Å². The summed E-state index contributed by atoms with van der Waals surface area (Å²) in [5.41, 5.74) is 7.23. The second-order valence-corrected chi connectivity index (χ2v) is 3.87. The summed E-state index contributed by atoms with van der Waals surface area (Å²) in [4.78, 5) is 6.66. The predicted octanol–water partition coefficient (Wildman–Crippen LogP) is 1.33. The van der Waals surface area contributed by atoms with Gasteiger partial charge in [0, 0.05) is 31.0 Å². The number of nitrogens with two attached hydrogens (primary N) is 1. The Morgan fingerprint density at radius 3 is 2.75 bits per heavy atom. The Kier molecular flexibility index (Phi) is 2.87. The molecule has 3 rings (SSSR count). The first-order chi connectivity index (χ1) is 7.33. The topological polar surface area (TPSA) is 59.5 Å². The van der Waals surface area contributed by atoms with Gasteiger partial charge in [-0.1, -0.05) is 0 Å². The average molecular weight is 240 g/mol. The summed E-state index contributed by atoms with van der Waals surface area (Å²) in [5, 5.41) is 4.41. The van der Waals surface area contributed by atoms with Crippen molar-refractivity contribution in [1.82, 2.24) is 14.6 Å². The number of rotatable bonds is 1. The molecule has 16 heavy (non-hydrogen) atoms. The van der Waals surface area contributed by atoms with E-state index < -0.39 is 0 Å². The lowest BCUT2D eigenvalue weighted by atomic mass is 10.4. The molecule has 2 N–H and O–H groups in total. The first-order valence-corrected chi connectivity index (χ1v) is 5.20. The monoisotopic (exact) mass is 239 g/mol. The Balaban J connectivity index is 0.000000963. The van der Waals surface area contributed by atoms with Gasteiger partial charge in [-0.25, -0.2) is 4.52 Å². The molecule has 86 valence electrons. The molecular formula is C10H14ClN5. The van der Waals surface area contributed by atoms with Gasteiger partial charge in [-0.15, -0.1) is 17.5 Å². The minimum absolute atomic E-state index is 0. The van der Waals surface area contributed by atoms with Crippen molar-refractivity contribution in [1.29, 1.82) is 0 Å². The van der Waals surface area contributed by atoms with Crippen LogP contribution < -0.4 is 10.6 Å². The minimum Gasteiger partial charge on any atom is -0.399 e. The molecule has 0 aliphatic carbocycles. The molecule has 0 spiro atoms. The van der Waals surface area contributed by atoms with Crippen molar-refractivity contribution in [3.63, 3.8) is 0 Å². The van der Waals surface area contributed by atoms with Gasteiger partial charge in [-0.05, 0) is 18.9 Å². The highest BCUT2D eigenvalue weighted by Gasteiger charge is 2.16. The molecule has 0 aromatic carbocycles.